The maximum absolute atomic E-state index is 11.0. The summed E-state index contributed by atoms with van der Waals surface area (Å²) >= 11 is 0. The monoisotopic (exact) mass is 192 g/mol. The van der Waals surface area contributed by atoms with Crippen molar-refractivity contribution in [1.29, 1.82) is 0 Å². The van der Waals surface area contributed by atoms with Gasteiger partial charge in [-0.2, -0.15) is 0 Å². The number of carboxylic acid groups (broad SMARTS) is 1. The van der Waals surface area contributed by atoms with E-state index in [1.165, 1.54) is 0 Å². The van der Waals surface area contributed by atoms with Gasteiger partial charge in [0.25, 0.3) is 0 Å². The zero-order chi connectivity index (χ0) is 10.7. The van der Waals surface area contributed by atoms with Crippen molar-refractivity contribution in [2.45, 2.75) is 33.6 Å². The highest BCUT2D eigenvalue weighted by Crippen LogP contribution is 2.18. The van der Waals surface area contributed by atoms with Crippen molar-refractivity contribution in [2.75, 3.05) is 0 Å². The van der Waals surface area contributed by atoms with Crippen LogP contribution in [0.4, 0.5) is 0 Å². The second kappa shape index (κ2) is 4.27. The summed E-state index contributed by atoms with van der Waals surface area (Å²) in [7, 11) is 0. The maximum atomic E-state index is 11.0. The minimum absolute atomic E-state index is 0.462. The van der Waals surface area contributed by atoms with E-state index in [-0.39, 0.29) is 0 Å². The molecule has 1 N–H and O–H groups in total. The van der Waals surface area contributed by atoms with Crippen LogP contribution in [-0.4, -0.2) is 11.1 Å². The first kappa shape index (κ1) is 10.8. The van der Waals surface area contributed by atoms with E-state index < -0.39 is 5.97 Å². The molecule has 0 aromatic heterocycles. The van der Waals surface area contributed by atoms with Crippen molar-refractivity contribution >= 4 is 5.97 Å². The summed E-state index contributed by atoms with van der Waals surface area (Å²) in [5, 5.41) is 9.04. The van der Waals surface area contributed by atoms with Crippen molar-refractivity contribution in [3.05, 3.63) is 34.4 Å². The van der Waals surface area contributed by atoms with Crippen LogP contribution in [0.15, 0.2) is 12.1 Å². The van der Waals surface area contributed by atoms with Crippen LogP contribution in [0.5, 0.6) is 0 Å². The van der Waals surface area contributed by atoms with Crippen LogP contribution in [0, 0.1) is 13.8 Å². The Kier molecular flexibility index (Phi) is 3.28. The van der Waals surface area contributed by atoms with Gasteiger partial charge < -0.3 is 5.11 Å². The van der Waals surface area contributed by atoms with E-state index in [1.807, 2.05) is 19.9 Å². The average Bonchev–Trinajstić information content (AvgIpc) is 2.09. The lowest BCUT2D eigenvalue weighted by Gasteiger charge is -2.09. The van der Waals surface area contributed by atoms with E-state index in [2.05, 4.69) is 6.92 Å². The van der Waals surface area contributed by atoms with E-state index in [4.69, 9.17) is 5.11 Å². The lowest BCUT2D eigenvalue weighted by atomic mass is 9.96. The Labute approximate surface area is 84.6 Å². The van der Waals surface area contributed by atoms with Crippen LogP contribution in [0.25, 0.3) is 0 Å². The molecule has 0 saturated carbocycles. The highest BCUT2D eigenvalue weighted by atomic mass is 16.4. The summed E-state index contributed by atoms with van der Waals surface area (Å²) in [4.78, 5) is 11.0. The first-order valence-corrected chi connectivity index (χ1v) is 4.89. The van der Waals surface area contributed by atoms with Gasteiger partial charge in [-0.15, -0.1) is 0 Å². The Morgan fingerprint density at radius 1 is 1.36 bits per heavy atom. The lowest BCUT2D eigenvalue weighted by molar-refractivity contribution is 0.0695. The topological polar surface area (TPSA) is 37.3 Å². The highest BCUT2D eigenvalue weighted by molar-refractivity contribution is 5.90. The molecule has 0 heterocycles. The van der Waals surface area contributed by atoms with Crippen molar-refractivity contribution in [3.63, 3.8) is 0 Å². The standard InChI is InChI=1S/C12H16O2/c1-4-5-10-9(3)6-8(2)7-11(10)12(13)14/h6-7H,4-5H2,1-3H3,(H,13,14). The van der Waals surface area contributed by atoms with Gasteiger partial charge in [-0.05, 0) is 43.0 Å². The number of aryl methyl sites for hydroxylation is 2. The molecule has 1 aromatic carbocycles. The predicted octanol–water partition coefficient (Wildman–Crippen LogP) is 2.95. The van der Waals surface area contributed by atoms with E-state index in [0.717, 1.165) is 29.5 Å². The molecule has 0 aliphatic rings. The van der Waals surface area contributed by atoms with Crippen LogP contribution in [0.3, 0.4) is 0 Å². The SMILES string of the molecule is CCCc1c(C)cc(C)cc1C(=O)O. The number of benzene rings is 1. The number of carboxylic acids is 1. The van der Waals surface area contributed by atoms with Gasteiger partial charge in [0.2, 0.25) is 0 Å². The average molecular weight is 192 g/mol. The predicted molar refractivity (Wildman–Crippen MR) is 56.9 cm³/mol. The van der Waals surface area contributed by atoms with E-state index in [1.54, 1.807) is 6.07 Å². The van der Waals surface area contributed by atoms with Gasteiger partial charge in [-0.25, -0.2) is 4.79 Å². The molecule has 0 amide bonds. The Morgan fingerprint density at radius 2 is 2.00 bits per heavy atom. The molecule has 0 fully saturated rings. The zero-order valence-electron chi connectivity index (χ0n) is 8.92. The largest absolute Gasteiger partial charge is 0.478 e. The Hall–Kier alpha value is -1.31. The number of hydrogen-bond donors (Lipinski definition) is 1. The molecule has 2 nitrogen and oxygen atoms in total. The molecule has 1 rings (SSSR count). The number of aromatic carboxylic acids is 1. The van der Waals surface area contributed by atoms with Crippen LogP contribution in [0.2, 0.25) is 0 Å². The molecule has 0 saturated heterocycles. The fourth-order valence-electron chi connectivity index (χ4n) is 1.77. The molecule has 0 atom stereocenters. The van der Waals surface area contributed by atoms with Gasteiger partial charge >= 0.3 is 5.97 Å². The fourth-order valence-corrected chi connectivity index (χ4v) is 1.77. The van der Waals surface area contributed by atoms with Crippen molar-refractivity contribution in [3.8, 4) is 0 Å². The van der Waals surface area contributed by atoms with Gasteiger partial charge in [0.05, 0.1) is 5.56 Å². The molecule has 0 unspecified atom stereocenters. The Balaban J connectivity index is 3.28. The minimum atomic E-state index is -0.819. The van der Waals surface area contributed by atoms with Crippen molar-refractivity contribution in [1.82, 2.24) is 0 Å². The highest BCUT2D eigenvalue weighted by Gasteiger charge is 2.11. The van der Waals surface area contributed by atoms with Crippen molar-refractivity contribution < 1.29 is 9.90 Å². The van der Waals surface area contributed by atoms with Crippen LogP contribution in [0.1, 0.15) is 40.4 Å². The second-order valence-electron chi connectivity index (χ2n) is 3.66. The molecule has 0 bridgehead atoms. The van der Waals surface area contributed by atoms with Crippen molar-refractivity contribution in [2.24, 2.45) is 0 Å². The van der Waals surface area contributed by atoms with Gasteiger partial charge in [0.15, 0.2) is 0 Å². The molecular weight excluding hydrogens is 176 g/mol. The van der Waals surface area contributed by atoms with E-state index in [0.29, 0.717) is 5.56 Å². The number of carbonyl (C=O) groups is 1. The summed E-state index contributed by atoms with van der Waals surface area (Å²) in [5.74, 6) is -0.819. The molecule has 0 radical (unpaired) electrons. The third-order valence-corrected chi connectivity index (χ3v) is 2.35. The molecule has 14 heavy (non-hydrogen) atoms. The summed E-state index contributed by atoms with van der Waals surface area (Å²) in [5.41, 5.74) is 3.54. The second-order valence-corrected chi connectivity index (χ2v) is 3.66. The van der Waals surface area contributed by atoms with Gasteiger partial charge in [-0.3, -0.25) is 0 Å². The minimum Gasteiger partial charge on any atom is -0.478 e. The smallest absolute Gasteiger partial charge is 0.335 e. The van der Waals surface area contributed by atoms with E-state index >= 15 is 0 Å². The first-order chi connectivity index (χ1) is 6.56. The summed E-state index contributed by atoms with van der Waals surface area (Å²) in [6.45, 7) is 5.96. The van der Waals surface area contributed by atoms with Gasteiger partial charge in [0, 0.05) is 0 Å². The molecule has 1 aromatic rings. The molecule has 0 aliphatic heterocycles. The molecule has 0 aliphatic carbocycles. The Morgan fingerprint density at radius 3 is 2.50 bits per heavy atom. The maximum Gasteiger partial charge on any atom is 0.335 e. The Bertz CT molecular complexity index is 354. The number of rotatable bonds is 3. The normalized spacial score (nSPS) is 10.2. The van der Waals surface area contributed by atoms with Gasteiger partial charge in [-0.1, -0.05) is 19.4 Å². The summed E-state index contributed by atoms with van der Waals surface area (Å²) in [6, 6.07) is 3.79. The third kappa shape index (κ3) is 2.13. The summed E-state index contributed by atoms with van der Waals surface area (Å²) < 4.78 is 0. The fraction of sp³-hybridized carbons (Fsp3) is 0.417. The molecule has 76 valence electrons. The first-order valence-electron chi connectivity index (χ1n) is 4.89. The number of hydrogen-bond acceptors (Lipinski definition) is 1. The van der Waals surface area contributed by atoms with E-state index in [9.17, 15) is 4.79 Å². The molecule has 2 heteroatoms. The molecule has 0 spiro atoms. The van der Waals surface area contributed by atoms with Gasteiger partial charge in [0.1, 0.15) is 0 Å². The van der Waals surface area contributed by atoms with Crippen LogP contribution >= 0.6 is 0 Å². The molecular formula is C12H16O2. The van der Waals surface area contributed by atoms with Crippen LogP contribution < -0.4 is 0 Å². The summed E-state index contributed by atoms with van der Waals surface area (Å²) in [6.07, 6.45) is 1.82. The zero-order valence-corrected chi connectivity index (χ0v) is 8.92. The quantitative estimate of drug-likeness (QED) is 0.799. The van der Waals surface area contributed by atoms with Crippen LogP contribution in [-0.2, 0) is 6.42 Å². The lowest BCUT2D eigenvalue weighted by Crippen LogP contribution is -2.05. The third-order valence-electron chi connectivity index (χ3n) is 2.35.